The van der Waals surface area contributed by atoms with Gasteiger partial charge in [0, 0.05) is 6.04 Å². The molecule has 0 aromatic carbocycles. The van der Waals surface area contributed by atoms with Crippen molar-refractivity contribution < 1.29 is 0 Å². The summed E-state index contributed by atoms with van der Waals surface area (Å²) < 4.78 is 0. The number of nitrogens with zero attached hydrogens (tertiary/aromatic N) is 1. The van der Waals surface area contributed by atoms with Crippen molar-refractivity contribution in [1.82, 2.24) is 4.90 Å². The summed E-state index contributed by atoms with van der Waals surface area (Å²) in [6.07, 6.45) is 5.60. The van der Waals surface area contributed by atoms with Crippen molar-refractivity contribution in [1.29, 1.82) is 0 Å². The monoisotopic (exact) mass is 155 g/mol. The van der Waals surface area contributed by atoms with Gasteiger partial charge in [0.25, 0.3) is 0 Å². The maximum Gasteiger partial charge on any atom is 0.0118 e. The molecule has 1 fully saturated rings. The molecule has 0 amide bonds. The van der Waals surface area contributed by atoms with Crippen LogP contribution < -0.4 is 0 Å². The van der Waals surface area contributed by atoms with E-state index < -0.39 is 0 Å². The zero-order valence-corrected chi connectivity index (χ0v) is 8.14. The first-order valence-corrected chi connectivity index (χ1v) is 4.96. The zero-order chi connectivity index (χ0) is 8.27. The number of rotatable bonds is 2. The average Bonchev–Trinajstić information content (AvgIpc) is 2.04. The van der Waals surface area contributed by atoms with Crippen molar-refractivity contribution in [2.75, 3.05) is 13.6 Å². The van der Waals surface area contributed by atoms with Crippen LogP contribution in [0.2, 0.25) is 0 Å². The number of piperidine rings is 1. The van der Waals surface area contributed by atoms with Crippen LogP contribution in [0.1, 0.15) is 39.5 Å². The fourth-order valence-corrected chi connectivity index (χ4v) is 2.09. The summed E-state index contributed by atoms with van der Waals surface area (Å²) in [4.78, 5) is 2.54. The Bertz CT molecular complexity index is 107. The van der Waals surface area contributed by atoms with Crippen molar-refractivity contribution >= 4 is 0 Å². The van der Waals surface area contributed by atoms with E-state index in [1.807, 2.05) is 0 Å². The van der Waals surface area contributed by atoms with E-state index in [-0.39, 0.29) is 0 Å². The normalized spacial score (nSPS) is 30.3. The molecule has 1 heterocycles. The van der Waals surface area contributed by atoms with Gasteiger partial charge in [0.15, 0.2) is 0 Å². The minimum Gasteiger partial charge on any atom is -0.303 e. The highest BCUT2D eigenvalue weighted by molar-refractivity contribution is 4.77. The van der Waals surface area contributed by atoms with Gasteiger partial charge in [-0.25, -0.2) is 0 Å². The largest absolute Gasteiger partial charge is 0.303 e. The molecule has 11 heavy (non-hydrogen) atoms. The topological polar surface area (TPSA) is 3.24 Å². The minimum atomic E-state index is 0.869. The third kappa shape index (κ3) is 2.19. The fraction of sp³-hybridized carbons (Fsp3) is 1.00. The van der Waals surface area contributed by atoms with E-state index in [2.05, 4.69) is 25.8 Å². The van der Waals surface area contributed by atoms with Gasteiger partial charge in [0.1, 0.15) is 0 Å². The lowest BCUT2D eigenvalue weighted by molar-refractivity contribution is 0.134. The van der Waals surface area contributed by atoms with E-state index in [4.69, 9.17) is 0 Å². The first-order valence-electron chi connectivity index (χ1n) is 4.96. The van der Waals surface area contributed by atoms with Crippen molar-refractivity contribution in [2.45, 2.75) is 45.6 Å². The molecule has 1 aliphatic rings. The molecule has 1 nitrogen and oxygen atoms in total. The summed E-state index contributed by atoms with van der Waals surface area (Å²) in [6.45, 7) is 5.99. The lowest BCUT2D eigenvalue weighted by Gasteiger charge is -2.36. The fourth-order valence-electron chi connectivity index (χ4n) is 2.09. The summed E-state index contributed by atoms with van der Waals surface area (Å²) in [5.41, 5.74) is 0. The van der Waals surface area contributed by atoms with Crippen LogP contribution in [0.25, 0.3) is 0 Å². The third-order valence-electron chi connectivity index (χ3n) is 3.13. The van der Waals surface area contributed by atoms with Crippen LogP contribution in [0.4, 0.5) is 0 Å². The quantitative estimate of drug-likeness (QED) is 0.592. The van der Waals surface area contributed by atoms with E-state index in [9.17, 15) is 0 Å². The molecule has 2 atom stereocenters. The standard InChI is InChI=1S/C10H21N/c1-4-9(2)10-7-5-6-8-11(10)3/h9-10H,4-8H2,1-3H3/t9?,10-/m1/s1. The molecule has 0 N–H and O–H groups in total. The summed E-state index contributed by atoms with van der Waals surface area (Å²) in [7, 11) is 2.27. The molecule has 1 aliphatic heterocycles. The van der Waals surface area contributed by atoms with Gasteiger partial charge in [-0.05, 0) is 32.4 Å². The molecule has 0 spiro atoms. The lowest BCUT2D eigenvalue weighted by atomic mass is 9.90. The predicted octanol–water partition coefficient (Wildman–Crippen LogP) is 2.52. The molecule has 0 radical (unpaired) electrons. The molecule has 1 rings (SSSR count). The highest BCUT2D eigenvalue weighted by Gasteiger charge is 2.22. The second kappa shape index (κ2) is 4.10. The molecule has 1 heteroatoms. The Labute approximate surface area is 70.8 Å². The summed E-state index contributed by atoms with van der Waals surface area (Å²) >= 11 is 0. The van der Waals surface area contributed by atoms with Crippen LogP contribution in [0.5, 0.6) is 0 Å². The first-order chi connectivity index (χ1) is 5.25. The highest BCUT2D eigenvalue weighted by Crippen LogP contribution is 2.23. The molecule has 66 valence electrons. The van der Waals surface area contributed by atoms with Crippen molar-refractivity contribution in [3.05, 3.63) is 0 Å². The van der Waals surface area contributed by atoms with Crippen LogP contribution in [0, 0.1) is 5.92 Å². The Morgan fingerprint density at radius 3 is 2.73 bits per heavy atom. The van der Waals surface area contributed by atoms with Crippen LogP contribution in [-0.4, -0.2) is 24.5 Å². The van der Waals surface area contributed by atoms with Gasteiger partial charge in [-0.15, -0.1) is 0 Å². The second-order valence-corrected chi connectivity index (χ2v) is 3.93. The molecule has 0 bridgehead atoms. The molecule has 0 aromatic heterocycles. The Kier molecular flexibility index (Phi) is 3.38. The predicted molar refractivity (Wildman–Crippen MR) is 49.7 cm³/mol. The van der Waals surface area contributed by atoms with Crippen molar-refractivity contribution in [2.24, 2.45) is 5.92 Å². The summed E-state index contributed by atoms with van der Waals surface area (Å²) in [5, 5.41) is 0. The first kappa shape index (κ1) is 9.05. The Balaban J connectivity index is 2.40. The number of hydrogen-bond donors (Lipinski definition) is 0. The molecule has 0 aliphatic carbocycles. The summed E-state index contributed by atoms with van der Waals surface area (Å²) in [6, 6.07) is 0.869. The van der Waals surface area contributed by atoms with E-state index in [0.717, 1.165) is 12.0 Å². The van der Waals surface area contributed by atoms with Gasteiger partial charge in [0.2, 0.25) is 0 Å². The van der Waals surface area contributed by atoms with Gasteiger partial charge in [-0.1, -0.05) is 26.7 Å². The second-order valence-electron chi connectivity index (χ2n) is 3.93. The molecular weight excluding hydrogens is 134 g/mol. The molecule has 1 unspecified atom stereocenters. The summed E-state index contributed by atoms with van der Waals surface area (Å²) in [5.74, 6) is 0.889. The van der Waals surface area contributed by atoms with Gasteiger partial charge >= 0.3 is 0 Å². The van der Waals surface area contributed by atoms with E-state index >= 15 is 0 Å². The smallest absolute Gasteiger partial charge is 0.0118 e. The number of hydrogen-bond acceptors (Lipinski definition) is 1. The molecule has 0 aromatic rings. The maximum absolute atomic E-state index is 2.54. The average molecular weight is 155 g/mol. The number of likely N-dealkylation sites (tertiary alicyclic amines) is 1. The Hall–Kier alpha value is -0.0400. The van der Waals surface area contributed by atoms with Crippen molar-refractivity contribution in [3.8, 4) is 0 Å². The van der Waals surface area contributed by atoms with Crippen molar-refractivity contribution in [3.63, 3.8) is 0 Å². The minimum absolute atomic E-state index is 0.869. The zero-order valence-electron chi connectivity index (χ0n) is 8.14. The van der Waals surface area contributed by atoms with E-state index in [0.29, 0.717) is 0 Å². The molecule has 1 saturated heterocycles. The van der Waals surface area contributed by atoms with Gasteiger partial charge in [0.05, 0.1) is 0 Å². The SMILES string of the molecule is CCC(C)[C@H]1CCCCN1C. The lowest BCUT2D eigenvalue weighted by Crippen LogP contribution is -2.40. The molecular formula is C10H21N. The Morgan fingerprint density at radius 1 is 1.45 bits per heavy atom. The Morgan fingerprint density at radius 2 is 2.18 bits per heavy atom. The van der Waals surface area contributed by atoms with Gasteiger partial charge in [-0.3, -0.25) is 0 Å². The van der Waals surface area contributed by atoms with Gasteiger partial charge < -0.3 is 4.90 Å². The van der Waals surface area contributed by atoms with E-state index in [1.54, 1.807) is 0 Å². The van der Waals surface area contributed by atoms with Crippen LogP contribution in [-0.2, 0) is 0 Å². The third-order valence-corrected chi connectivity index (χ3v) is 3.13. The van der Waals surface area contributed by atoms with Crippen LogP contribution in [0.3, 0.4) is 0 Å². The van der Waals surface area contributed by atoms with Gasteiger partial charge in [-0.2, -0.15) is 0 Å². The van der Waals surface area contributed by atoms with E-state index in [1.165, 1.54) is 32.2 Å². The van der Waals surface area contributed by atoms with Crippen LogP contribution in [0.15, 0.2) is 0 Å². The molecule has 0 saturated carbocycles. The highest BCUT2D eigenvalue weighted by atomic mass is 15.1. The van der Waals surface area contributed by atoms with Crippen LogP contribution >= 0.6 is 0 Å². The maximum atomic E-state index is 2.54.